The van der Waals surface area contributed by atoms with E-state index in [1.165, 1.54) is 0 Å². The molecule has 5 heteroatoms. The molecule has 0 aliphatic carbocycles. The summed E-state index contributed by atoms with van der Waals surface area (Å²) in [5, 5.41) is 0.920. The Hall–Kier alpha value is -2.69. The van der Waals surface area contributed by atoms with Crippen molar-refractivity contribution in [2.75, 3.05) is 13.7 Å². The van der Waals surface area contributed by atoms with Crippen molar-refractivity contribution in [1.82, 2.24) is 4.90 Å². The molecule has 1 amide bonds. The lowest BCUT2D eigenvalue weighted by molar-refractivity contribution is 0.0710. The van der Waals surface area contributed by atoms with E-state index in [4.69, 9.17) is 13.6 Å². The average Bonchev–Trinajstić information content (AvgIpc) is 3.15. The third-order valence-electron chi connectivity index (χ3n) is 4.15. The van der Waals surface area contributed by atoms with Gasteiger partial charge in [0.15, 0.2) is 5.76 Å². The maximum atomic E-state index is 12.9. The minimum atomic E-state index is -0.140. The first kappa shape index (κ1) is 16.2. The fourth-order valence-corrected chi connectivity index (χ4v) is 2.77. The summed E-state index contributed by atoms with van der Waals surface area (Å²) in [6.07, 6.45) is 0. The topological polar surface area (TPSA) is 55.8 Å². The maximum Gasteiger partial charge on any atom is 0.290 e. The second kappa shape index (κ2) is 6.43. The number of methoxy groups -OCH3 is 1. The summed E-state index contributed by atoms with van der Waals surface area (Å²) in [4.78, 5) is 14.6. The minimum Gasteiger partial charge on any atom is -0.497 e. The smallest absolute Gasteiger partial charge is 0.290 e. The lowest BCUT2D eigenvalue weighted by Crippen LogP contribution is -2.30. The molecule has 3 aromatic rings. The van der Waals surface area contributed by atoms with E-state index in [2.05, 4.69) is 0 Å². The van der Waals surface area contributed by atoms with Gasteiger partial charge in [0.05, 0.1) is 13.7 Å². The molecule has 0 saturated heterocycles. The SMILES string of the molecule is CCN(Cc1ccc(C)o1)C(=O)c1oc2cc(OC)ccc2c1C. The Morgan fingerprint density at radius 3 is 2.58 bits per heavy atom. The molecule has 2 aromatic heterocycles. The van der Waals surface area contributed by atoms with Crippen LogP contribution in [-0.2, 0) is 6.54 Å². The summed E-state index contributed by atoms with van der Waals surface area (Å²) in [6, 6.07) is 9.36. The van der Waals surface area contributed by atoms with Gasteiger partial charge in [0.1, 0.15) is 22.9 Å². The molecule has 0 N–H and O–H groups in total. The first-order chi connectivity index (χ1) is 11.5. The van der Waals surface area contributed by atoms with Crippen LogP contribution in [0.3, 0.4) is 0 Å². The third kappa shape index (κ3) is 2.89. The number of furan rings is 2. The molecule has 126 valence electrons. The minimum absolute atomic E-state index is 0.140. The molecule has 3 rings (SSSR count). The van der Waals surface area contributed by atoms with Crippen molar-refractivity contribution in [3.05, 3.63) is 53.2 Å². The number of carbonyl (C=O) groups is 1. The van der Waals surface area contributed by atoms with Crippen molar-refractivity contribution in [3.8, 4) is 5.75 Å². The molecule has 0 unspecified atom stereocenters. The van der Waals surface area contributed by atoms with Gasteiger partial charge in [-0.2, -0.15) is 0 Å². The summed E-state index contributed by atoms with van der Waals surface area (Å²) in [6.45, 7) is 6.71. The lowest BCUT2D eigenvalue weighted by Gasteiger charge is -2.18. The molecule has 0 spiro atoms. The van der Waals surface area contributed by atoms with Crippen LogP contribution in [0.2, 0.25) is 0 Å². The van der Waals surface area contributed by atoms with E-state index in [0.29, 0.717) is 30.2 Å². The van der Waals surface area contributed by atoms with E-state index in [0.717, 1.165) is 22.5 Å². The largest absolute Gasteiger partial charge is 0.497 e. The number of hydrogen-bond donors (Lipinski definition) is 0. The van der Waals surface area contributed by atoms with Crippen molar-refractivity contribution < 1.29 is 18.4 Å². The average molecular weight is 327 g/mol. The van der Waals surface area contributed by atoms with Gasteiger partial charge in [-0.25, -0.2) is 0 Å². The number of amides is 1. The summed E-state index contributed by atoms with van der Waals surface area (Å²) in [5.41, 5.74) is 1.49. The van der Waals surface area contributed by atoms with Crippen molar-refractivity contribution in [2.45, 2.75) is 27.3 Å². The first-order valence-corrected chi connectivity index (χ1v) is 7.95. The summed E-state index contributed by atoms with van der Waals surface area (Å²) < 4.78 is 16.6. The van der Waals surface area contributed by atoms with E-state index in [9.17, 15) is 4.79 Å². The summed E-state index contributed by atoms with van der Waals surface area (Å²) >= 11 is 0. The fourth-order valence-electron chi connectivity index (χ4n) is 2.77. The second-order valence-electron chi connectivity index (χ2n) is 5.75. The Bertz CT molecular complexity index is 875. The number of rotatable bonds is 5. The molecule has 0 radical (unpaired) electrons. The van der Waals surface area contributed by atoms with Crippen LogP contribution in [0.4, 0.5) is 0 Å². The third-order valence-corrected chi connectivity index (χ3v) is 4.15. The summed E-state index contributed by atoms with van der Waals surface area (Å²) in [7, 11) is 1.60. The Kier molecular flexibility index (Phi) is 4.34. The van der Waals surface area contributed by atoms with Crippen molar-refractivity contribution in [3.63, 3.8) is 0 Å². The fraction of sp³-hybridized carbons (Fsp3) is 0.316. The van der Waals surface area contributed by atoms with Gasteiger partial charge in [0.25, 0.3) is 5.91 Å². The molecule has 0 fully saturated rings. The number of carbonyl (C=O) groups excluding carboxylic acids is 1. The van der Waals surface area contributed by atoms with Gasteiger partial charge < -0.3 is 18.5 Å². The van der Waals surface area contributed by atoms with Gasteiger partial charge in [-0.05, 0) is 45.0 Å². The van der Waals surface area contributed by atoms with Crippen molar-refractivity contribution >= 4 is 16.9 Å². The van der Waals surface area contributed by atoms with E-state index in [1.54, 1.807) is 18.1 Å². The highest BCUT2D eigenvalue weighted by Crippen LogP contribution is 2.29. The highest BCUT2D eigenvalue weighted by molar-refractivity contribution is 5.99. The van der Waals surface area contributed by atoms with Gasteiger partial charge in [0, 0.05) is 23.6 Å². The number of hydrogen-bond acceptors (Lipinski definition) is 4. The number of nitrogens with zero attached hydrogens (tertiary/aromatic N) is 1. The van der Waals surface area contributed by atoms with Crippen LogP contribution < -0.4 is 4.74 Å². The molecule has 2 heterocycles. The predicted octanol–water partition coefficient (Wildman–Crippen LogP) is 4.31. The van der Waals surface area contributed by atoms with Crippen LogP contribution in [-0.4, -0.2) is 24.5 Å². The zero-order chi connectivity index (χ0) is 17.3. The van der Waals surface area contributed by atoms with Crippen molar-refractivity contribution in [2.24, 2.45) is 0 Å². The quantitative estimate of drug-likeness (QED) is 0.700. The van der Waals surface area contributed by atoms with Crippen LogP contribution in [0.5, 0.6) is 5.75 Å². The molecule has 0 saturated carbocycles. The molecule has 0 aliphatic heterocycles. The van der Waals surface area contributed by atoms with E-state index in [1.807, 2.05) is 45.0 Å². The van der Waals surface area contributed by atoms with Crippen molar-refractivity contribution in [1.29, 1.82) is 0 Å². The van der Waals surface area contributed by atoms with E-state index in [-0.39, 0.29) is 5.91 Å². The lowest BCUT2D eigenvalue weighted by atomic mass is 10.1. The molecule has 24 heavy (non-hydrogen) atoms. The number of ether oxygens (including phenoxy) is 1. The van der Waals surface area contributed by atoms with Crippen LogP contribution in [0.1, 0.15) is 34.6 Å². The van der Waals surface area contributed by atoms with Gasteiger partial charge in [0.2, 0.25) is 0 Å². The first-order valence-electron chi connectivity index (χ1n) is 7.95. The Balaban J connectivity index is 1.92. The van der Waals surface area contributed by atoms with E-state index >= 15 is 0 Å². The molecule has 0 bridgehead atoms. The van der Waals surface area contributed by atoms with Crippen LogP contribution in [0.15, 0.2) is 39.2 Å². The summed E-state index contributed by atoms with van der Waals surface area (Å²) in [5.74, 6) is 2.52. The highest BCUT2D eigenvalue weighted by atomic mass is 16.5. The number of benzene rings is 1. The molecular weight excluding hydrogens is 306 g/mol. The van der Waals surface area contributed by atoms with Gasteiger partial charge in [-0.3, -0.25) is 4.79 Å². The predicted molar refractivity (Wildman–Crippen MR) is 91.4 cm³/mol. The van der Waals surface area contributed by atoms with Gasteiger partial charge >= 0.3 is 0 Å². The van der Waals surface area contributed by atoms with Gasteiger partial charge in [-0.15, -0.1) is 0 Å². The number of aryl methyl sites for hydroxylation is 2. The molecule has 5 nitrogen and oxygen atoms in total. The number of fused-ring (bicyclic) bond motifs is 1. The maximum absolute atomic E-state index is 12.9. The van der Waals surface area contributed by atoms with Crippen LogP contribution in [0.25, 0.3) is 11.0 Å². The second-order valence-corrected chi connectivity index (χ2v) is 5.75. The van der Waals surface area contributed by atoms with E-state index < -0.39 is 0 Å². The van der Waals surface area contributed by atoms with Gasteiger partial charge in [-0.1, -0.05) is 0 Å². The molecular formula is C19H21NO4. The molecule has 1 aromatic carbocycles. The highest BCUT2D eigenvalue weighted by Gasteiger charge is 2.23. The molecule has 0 atom stereocenters. The molecule has 0 aliphatic rings. The zero-order valence-corrected chi connectivity index (χ0v) is 14.4. The zero-order valence-electron chi connectivity index (χ0n) is 14.4. The Labute approximate surface area is 140 Å². The Morgan fingerprint density at radius 1 is 1.17 bits per heavy atom. The monoisotopic (exact) mass is 327 g/mol. The normalized spacial score (nSPS) is 11.0. The van der Waals surface area contributed by atoms with Crippen LogP contribution in [0, 0.1) is 13.8 Å². The van der Waals surface area contributed by atoms with Crippen LogP contribution >= 0.6 is 0 Å². The standard InChI is InChI=1S/C19H21NO4/c1-5-20(11-15-7-6-12(2)23-15)19(21)18-13(3)16-9-8-14(22-4)10-17(16)24-18/h6-10H,5,11H2,1-4H3. The Morgan fingerprint density at radius 2 is 1.96 bits per heavy atom.